The minimum absolute atomic E-state index is 1.05. The Morgan fingerprint density at radius 3 is 3.06 bits per heavy atom. The van der Waals surface area contributed by atoms with Crippen LogP contribution in [-0.4, -0.2) is 16.7 Å². The van der Waals surface area contributed by atoms with E-state index in [1.165, 1.54) is 36.8 Å². The van der Waals surface area contributed by atoms with Crippen molar-refractivity contribution >= 4 is 16.6 Å². The van der Waals surface area contributed by atoms with Crippen molar-refractivity contribution < 1.29 is 0 Å². The van der Waals surface area contributed by atoms with E-state index in [0.29, 0.717) is 0 Å². The van der Waals surface area contributed by atoms with Crippen LogP contribution in [0.3, 0.4) is 0 Å². The molecule has 0 aliphatic heterocycles. The van der Waals surface area contributed by atoms with Crippen molar-refractivity contribution in [2.75, 3.05) is 11.9 Å². The highest BCUT2D eigenvalue weighted by Gasteiger charge is 2.00. The number of nitrogens with one attached hydrogen (secondary N) is 2. The molecule has 0 spiro atoms. The van der Waals surface area contributed by atoms with E-state index in [0.717, 1.165) is 12.1 Å². The van der Waals surface area contributed by atoms with Crippen LogP contribution in [0, 0.1) is 0 Å². The summed E-state index contributed by atoms with van der Waals surface area (Å²) in [5.41, 5.74) is 2.28. The van der Waals surface area contributed by atoms with Crippen LogP contribution in [0.1, 0.15) is 32.6 Å². The molecular weight excluding hydrogens is 198 g/mol. The Balaban J connectivity index is 1.91. The molecular formula is C13H19N3. The van der Waals surface area contributed by atoms with Crippen molar-refractivity contribution in [2.24, 2.45) is 0 Å². The lowest BCUT2D eigenvalue weighted by atomic mass is 10.2. The molecule has 2 aromatic rings. The van der Waals surface area contributed by atoms with Crippen LogP contribution in [0.2, 0.25) is 0 Å². The number of hydrogen-bond donors (Lipinski definition) is 2. The van der Waals surface area contributed by atoms with Gasteiger partial charge in [-0.25, -0.2) is 0 Å². The lowest BCUT2D eigenvalue weighted by molar-refractivity contribution is 0.685. The SMILES string of the molecule is CCCCCCNc1cccc2[nH]ncc12. The second kappa shape index (κ2) is 5.54. The molecule has 2 rings (SSSR count). The molecule has 3 heteroatoms. The maximum absolute atomic E-state index is 4.05. The van der Waals surface area contributed by atoms with Gasteiger partial charge < -0.3 is 5.32 Å². The summed E-state index contributed by atoms with van der Waals surface area (Å²) in [5.74, 6) is 0. The normalized spacial score (nSPS) is 10.8. The average molecular weight is 217 g/mol. The molecule has 0 unspecified atom stereocenters. The van der Waals surface area contributed by atoms with Crippen LogP contribution in [-0.2, 0) is 0 Å². The summed E-state index contributed by atoms with van der Waals surface area (Å²) < 4.78 is 0. The Morgan fingerprint density at radius 2 is 2.19 bits per heavy atom. The molecule has 0 amide bonds. The zero-order valence-corrected chi connectivity index (χ0v) is 9.79. The van der Waals surface area contributed by atoms with Gasteiger partial charge in [-0.1, -0.05) is 32.3 Å². The molecule has 16 heavy (non-hydrogen) atoms. The number of benzene rings is 1. The summed E-state index contributed by atoms with van der Waals surface area (Å²) in [6.07, 6.45) is 7.05. The number of nitrogens with zero attached hydrogens (tertiary/aromatic N) is 1. The number of unbranched alkanes of at least 4 members (excludes halogenated alkanes) is 3. The number of fused-ring (bicyclic) bond motifs is 1. The highest BCUT2D eigenvalue weighted by molar-refractivity contribution is 5.90. The third kappa shape index (κ3) is 2.54. The van der Waals surface area contributed by atoms with E-state index in [2.05, 4.69) is 34.6 Å². The highest BCUT2D eigenvalue weighted by atomic mass is 15.1. The first kappa shape index (κ1) is 11.0. The molecule has 0 aliphatic rings. The van der Waals surface area contributed by atoms with Gasteiger partial charge in [0.25, 0.3) is 0 Å². The third-order valence-corrected chi connectivity index (χ3v) is 2.83. The molecule has 0 aliphatic carbocycles. The first-order valence-electron chi connectivity index (χ1n) is 6.08. The molecule has 0 fully saturated rings. The fraction of sp³-hybridized carbons (Fsp3) is 0.462. The molecule has 0 saturated heterocycles. The van der Waals surface area contributed by atoms with Gasteiger partial charge in [0.2, 0.25) is 0 Å². The first-order chi connectivity index (χ1) is 7.92. The van der Waals surface area contributed by atoms with Gasteiger partial charge in [0.1, 0.15) is 0 Å². The largest absolute Gasteiger partial charge is 0.384 e. The summed E-state index contributed by atoms with van der Waals surface area (Å²) in [4.78, 5) is 0. The van der Waals surface area contributed by atoms with Crippen molar-refractivity contribution in [3.05, 3.63) is 24.4 Å². The molecule has 2 N–H and O–H groups in total. The lowest BCUT2D eigenvalue weighted by Gasteiger charge is -2.06. The average Bonchev–Trinajstić information content (AvgIpc) is 2.77. The molecule has 1 heterocycles. The van der Waals surface area contributed by atoms with Gasteiger partial charge >= 0.3 is 0 Å². The van der Waals surface area contributed by atoms with Crippen molar-refractivity contribution in [1.82, 2.24) is 10.2 Å². The first-order valence-corrected chi connectivity index (χ1v) is 6.08. The van der Waals surface area contributed by atoms with Crippen molar-refractivity contribution in [1.29, 1.82) is 0 Å². The minimum Gasteiger partial charge on any atom is -0.384 e. The number of hydrogen-bond acceptors (Lipinski definition) is 2. The number of aromatic nitrogens is 2. The molecule has 1 aromatic heterocycles. The fourth-order valence-electron chi connectivity index (χ4n) is 1.90. The molecule has 0 saturated carbocycles. The Kier molecular flexibility index (Phi) is 3.81. The van der Waals surface area contributed by atoms with Gasteiger partial charge in [-0.2, -0.15) is 5.10 Å². The van der Waals surface area contributed by atoms with Crippen LogP contribution in [0.5, 0.6) is 0 Å². The summed E-state index contributed by atoms with van der Waals surface area (Å²) in [7, 11) is 0. The molecule has 0 radical (unpaired) electrons. The monoisotopic (exact) mass is 217 g/mol. The number of H-pyrrole nitrogens is 1. The molecule has 0 atom stereocenters. The van der Waals surface area contributed by atoms with E-state index in [9.17, 15) is 0 Å². The molecule has 86 valence electrons. The quantitative estimate of drug-likeness (QED) is 0.726. The molecule has 3 nitrogen and oxygen atoms in total. The van der Waals surface area contributed by atoms with Crippen LogP contribution < -0.4 is 5.32 Å². The Morgan fingerprint density at radius 1 is 1.25 bits per heavy atom. The number of rotatable bonds is 6. The Labute approximate surface area is 96.2 Å². The fourth-order valence-corrected chi connectivity index (χ4v) is 1.90. The van der Waals surface area contributed by atoms with E-state index < -0.39 is 0 Å². The smallest absolute Gasteiger partial charge is 0.0671 e. The van der Waals surface area contributed by atoms with Gasteiger partial charge in [-0.3, -0.25) is 5.10 Å². The minimum atomic E-state index is 1.05. The third-order valence-electron chi connectivity index (χ3n) is 2.83. The van der Waals surface area contributed by atoms with Gasteiger partial charge in [0.15, 0.2) is 0 Å². The van der Waals surface area contributed by atoms with Gasteiger partial charge in [-0.05, 0) is 18.6 Å². The van der Waals surface area contributed by atoms with Crippen molar-refractivity contribution in [2.45, 2.75) is 32.6 Å². The standard InChI is InChI=1S/C13H19N3/c1-2-3-4-5-9-14-12-7-6-8-13-11(12)10-15-16-13/h6-8,10,14H,2-5,9H2,1H3,(H,15,16). The summed E-state index contributed by atoms with van der Waals surface area (Å²) in [5, 5.41) is 11.7. The zero-order chi connectivity index (χ0) is 11.2. The predicted molar refractivity (Wildman–Crippen MR) is 68.7 cm³/mol. The topological polar surface area (TPSA) is 40.7 Å². The molecule has 1 aromatic carbocycles. The maximum atomic E-state index is 4.05. The maximum Gasteiger partial charge on any atom is 0.0671 e. The van der Waals surface area contributed by atoms with Crippen LogP contribution in [0.25, 0.3) is 10.9 Å². The summed E-state index contributed by atoms with van der Waals surface area (Å²) in [6, 6.07) is 6.21. The lowest BCUT2D eigenvalue weighted by Crippen LogP contribution is -2.01. The van der Waals surface area contributed by atoms with Crippen molar-refractivity contribution in [3.63, 3.8) is 0 Å². The van der Waals surface area contributed by atoms with E-state index in [4.69, 9.17) is 0 Å². The van der Waals surface area contributed by atoms with Crippen LogP contribution in [0.15, 0.2) is 24.4 Å². The molecule has 0 bridgehead atoms. The number of anilines is 1. The second-order valence-electron chi connectivity index (χ2n) is 4.12. The number of aromatic amines is 1. The zero-order valence-electron chi connectivity index (χ0n) is 9.79. The van der Waals surface area contributed by atoms with E-state index >= 15 is 0 Å². The van der Waals surface area contributed by atoms with Gasteiger partial charge in [-0.15, -0.1) is 0 Å². The van der Waals surface area contributed by atoms with E-state index in [-0.39, 0.29) is 0 Å². The summed E-state index contributed by atoms with van der Waals surface area (Å²) in [6.45, 7) is 3.28. The van der Waals surface area contributed by atoms with Crippen LogP contribution >= 0.6 is 0 Å². The van der Waals surface area contributed by atoms with Gasteiger partial charge in [0.05, 0.1) is 11.7 Å². The van der Waals surface area contributed by atoms with Crippen molar-refractivity contribution in [3.8, 4) is 0 Å². The van der Waals surface area contributed by atoms with Crippen LogP contribution in [0.4, 0.5) is 5.69 Å². The Hall–Kier alpha value is -1.51. The van der Waals surface area contributed by atoms with E-state index in [1.807, 2.05) is 12.3 Å². The highest BCUT2D eigenvalue weighted by Crippen LogP contribution is 2.20. The second-order valence-corrected chi connectivity index (χ2v) is 4.12. The van der Waals surface area contributed by atoms with E-state index in [1.54, 1.807) is 0 Å². The predicted octanol–water partition coefficient (Wildman–Crippen LogP) is 3.56. The summed E-state index contributed by atoms with van der Waals surface area (Å²) >= 11 is 0. The van der Waals surface area contributed by atoms with Gasteiger partial charge in [0, 0.05) is 17.6 Å². The Bertz CT molecular complexity index is 433.